The number of rotatable bonds is 7. The van der Waals surface area contributed by atoms with Crippen LogP contribution >= 0.6 is 24.4 Å². The van der Waals surface area contributed by atoms with Gasteiger partial charge in [-0.25, -0.2) is 0 Å². The SMILES string of the molecule is COc1ccc(NC(=S)Nc2ccc([N+](=O)[O-])cc2)cc1NC(=S)Nc1ccc([N+](=O)[O-])cc1. The molecule has 0 aliphatic carbocycles. The Morgan fingerprint density at radius 1 is 0.706 bits per heavy atom. The topological polar surface area (TPSA) is 144 Å². The number of nitrogens with zero attached hydrogens (tertiary/aromatic N) is 2. The number of hydrogen-bond donors (Lipinski definition) is 4. The van der Waals surface area contributed by atoms with Crippen LogP contribution in [-0.4, -0.2) is 27.2 Å². The van der Waals surface area contributed by atoms with E-state index in [-0.39, 0.29) is 21.6 Å². The fraction of sp³-hybridized carbons (Fsp3) is 0.0476. The van der Waals surface area contributed by atoms with Crippen LogP contribution in [-0.2, 0) is 0 Å². The van der Waals surface area contributed by atoms with Crippen LogP contribution in [0.25, 0.3) is 0 Å². The van der Waals surface area contributed by atoms with Crippen molar-refractivity contribution in [2.45, 2.75) is 0 Å². The molecule has 0 fully saturated rings. The van der Waals surface area contributed by atoms with E-state index in [0.717, 1.165) is 0 Å². The third-order valence-corrected chi connectivity index (χ3v) is 4.79. The highest BCUT2D eigenvalue weighted by molar-refractivity contribution is 7.81. The molecule has 3 aromatic carbocycles. The van der Waals surface area contributed by atoms with E-state index in [1.807, 2.05) is 0 Å². The van der Waals surface area contributed by atoms with Gasteiger partial charge in [0.2, 0.25) is 0 Å². The number of benzene rings is 3. The van der Waals surface area contributed by atoms with Gasteiger partial charge in [0.15, 0.2) is 10.2 Å². The molecule has 0 unspecified atom stereocenters. The van der Waals surface area contributed by atoms with Crippen LogP contribution in [0.1, 0.15) is 0 Å². The number of nitro benzene ring substituents is 2. The lowest BCUT2D eigenvalue weighted by atomic mass is 10.2. The molecule has 0 atom stereocenters. The lowest BCUT2D eigenvalue weighted by Gasteiger charge is -2.16. The molecule has 0 spiro atoms. The average molecular weight is 499 g/mol. The molecule has 3 rings (SSSR count). The zero-order valence-electron chi connectivity index (χ0n) is 17.6. The molecule has 0 saturated carbocycles. The minimum atomic E-state index is -0.482. The summed E-state index contributed by atoms with van der Waals surface area (Å²) in [6.07, 6.45) is 0. The van der Waals surface area contributed by atoms with Crippen molar-refractivity contribution < 1.29 is 14.6 Å². The van der Waals surface area contributed by atoms with Gasteiger partial charge in [0.25, 0.3) is 11.4 Å². The van der Waals surface area contributed by atoms with E-state index in [1.165, 1.54) is 31.4 Å². The first-order valence-electron chi connectivity index (χ1n) is 9.58. The molecule has 0 aliphatic heterocycles. The Morgan fingerprint density at radius 3 is 1.56 bits per heavy atom. The summed E-state index contributed by atoms with van der Waals surface area (Å²) < 4.78 is 5.37. The molecule has 0 heterocycles. The van der Waals surface area contributed by atoms with Crippen molar-refractivity contribution >= 4 is 68.8 Å². The molecule has 174 valence electrons. The standard InChI is InChI=1S/C21H18N6O5S2/c1-32-19-11-6-15(24-20(33)22-13-2-7-16(8-3-13)26(28)29)12-18(19)25-21(34)23-14-4-9-17(10-5-14)27(30)31/h2-12H,1H3,(H2,22,24,33)(H2,23,25,34). The predicted molar refractivity (Wildman–Crippen MR) is 139 cm³/mol. The van der Waals surface area contributed by atoms with E-state index in [1.54, 1.807) is 42.5 Å². The summed E-state index contributed by atoms with van der Waals surface area (Å²) in [6.45, 7) is 0. The minimum absolute atomic E-state index is 0.0198. The Bertz CT molecular complexity index is 1240. The maximum absolute atomic E-state index is 10.8. The summed E-state index contributed by atoms with van der Waals surface area (Å²) in [4.78, 5) is 20.6. The van der Waals surface area contributed by atoms with Crippen LogP contribution in [0, 0.1) is 20.2 Å². The Labute approximate surface area is 204 Å². The highest BCUT2D eigenvalue weighted by Gasteiger charge is 2.10. The van der Waals surface area contributed by atoms with E-state index in [9.17, 15) is 20.2 Å². The molecule has 34 heavy (non-hydrogen) atoms. The van der Waals surface area contributed by atoms with Crippen molar-refractivity contribution in [3.63, 3.8) is 0 Å². The summed E-state index contributed by atoms with van der Waals surface area (Å²) in [6, 6.07) is 16.9. The predicted octanol–water partition coefficient (Wildman–Crippen LogP) is 5.13. The number of methoxy groups -OCH3 is 1. The lowest BCUT2D eigenvalue weighted by Crippen LogP contribution is -2.21. The van der Waals surface area contributed by atoms with E-state index >= 15 is 0 Å². The van der Waals surface area contributed by atoms with Gasteiger partial charge < -0.3 is 26.0 Å². The molecule has 0 aliphatic rings. The number of hydrogen-bond acceptors (Lipinski definition) is 7. The van der Waals surface area contributed by atoms with Crippen molar-refractivity contribution in [3.8, 4) is 5.75 Å². The average Bonchev–Trinajstić information content (AvgIpc) is 2.80. The first kappa shape index (κ1) is 24.3. The van der Waals surface area contributed by atoms with Gasteiger partial charge in [0.1, 0.15) is 5.75 Å². The Kier molecular flexibility index (Phi) is 7.84. The summed E-state index contributed by atoms with van der Waals surface area (Å²) in [5.41, 5.74) is 2.29. The van der Waals surface area contributed by atoms with Crippen molar-refractivity contribution in [1.29, 1.82) is 0 Å². The third kappa shape index (κ3) is 6.57. The van der Waals surface area contributed by atoms with E-state index in [4.69, 9.17) is 29.2 Å². The first-order chi connectivity index (χ1) is 16.2. The zero-order valence-corrected chi connectivity index (χ0v) is 19.2. The van der Waals surface area contributed by atoms with E-state index in [0.29, 0.717) is 28.5 Å². The fourth-order valence-corrected chi connectivity index (χ4v) is 3.26. The van der Waals surface area contributed by atoms with Gasteiger partial charge in [-0.3, -0.25) is 20.2 Å². The zero-order chi connectivity index (χ0) is 24.7. The number of thiocarbonyl (C=S) groups is 2. The molecule has 0 radical (unpaired) electrons. The number of ether oxygens (including phenoxy) is 1. The molecule has 0 aromatic heterocycles. The van der Waals surface area contributed by atoms with Crippen molar-refractivity contribution in [1.82, 2.24) is 0 Å². The minimum Gasteiger partial charge on any atom is -0.495 e. The second-order valence-electron chi connectivity index (χ2n) is 6.68. The van der Waals surface area contributed by atoms with Crippen LogP contribution in [0.4, 0.5) is 34.1 Å². The maximum Gasteiger partial charge on any atom is 0.269 e. The Morgan fingerprint density at radius 2 is 1.12 bits per heavy atom. The number of anilines is 4. The highest BCUT2D eigenvalue weighted by atomic mass is 32.1. The molecule has 11 nitrogen and oxygen atoms in total. The van der Waals surface area contributed by atoms with E-state index in [2.05, 4.69) is 21.3 Å². The maximum atomic E-state index is 10.8. The van der Waals surface area contributed by atoms with Crippen LogP contribution < -0.4 is 26.0 Å². The second kappa shape index (κ2) is 11.0. The normalized spacial score (nSPS) is 10.0. The Hall–Kier alpha value is -4.36. The van der Waals surface area contributed by atoms with Gasteiger partial charge in [0.05, 0.1) is 22.6 Å². The monoisotopic (exact) mass is 498 g/mol. The number of non-ortho nitro benzene ring substituents is 2. The van der Waals surface area contributed by atoms with E-state index < -0.39 is 9.85 Å². The van der Waals surface area contributed by atoms with Crippen LogP contribution in [0.3, 0.4) is 0 Å². The van der Waals surface area contributed by atoms with Gasteiger partial charge >= 0.3 is 0 Å². The molecule has 0 bridgehead atoms. The van der Waals surface area contributed by atoms with Gasteiger partial charge in [-0.2, -0.15) is 0 Å². The number of nitro groups is 2. The molecule has 4 N–H and O–H groups in total. The first-order valence-corrected chi connectivity index (χ1v) is 10.4. The summed E-state index contributed by atoms with van der Waals surface area (Å²) >= 11 is 10.7. The molecular weight excluding hydrogens is 480 g/mol. The second-order valence-corrected chi connectivity index (χ2v) is 7.50. The van der Waals surface area contributed by atoms with Crippen molar-refractivity contribution in [2.75, 3.05) is 28.4 Å². The largest absolute Gasteiger partial charge is 0.495 e. The van der Waals surface area contributed by atoms with Gasteiger partial charge in [-0.15, -0.1) is 0 Å². The molecule has 13 heteroatoms. The van der Waals surface area contributed by atoms with Crippen LogP contribution in [0.5, 0.6) is 5.75 Å². The molecule has 3 aromatic rings. The quantitative estimate of drug-likeness (QED) is 0.195. The summed E-state index contributed by atoms with van der Waals surface area (Å²) in [5.74, 6) is 0.521. The summed E-state index contributed by atoms with van der Waals surface area (Å²) in [5, 5.41) is 34.0. The van der Waals surface area contributed by atoms with Gasteiger partial charge in [0, 0.05) is 41.3 Å². The summed E-state index contributed by atoms with van der Waals surface area (Å²) in [7, 11) is 1.52. The fourth-order valence-electron chi connectivity index (χ4n) is 2.79. The van der Waals surface area contributed by atoms with Crippen LogP contribution in [0.15, 0.2) is 66.7 Å². The van der Waals surface area contributed by atoms with Gasteiger partial charge in [-0.05, 0) is 66.9 Å². The lowest BCUT2D eigenvalue weighted by molar-refractivity contribution is -0.385. The molecule has 0 saturated heterocycles. The van der Waals surface area contributed by atoms with Crippen molar-refractivity contribution in [2.24, 2.45) is 0 Å². The Balaban J connectivity index is 1.65. The smallest absolute Gasteiger partial charge is 0.269 e. The van der Waals surface area contributed by atoms with Crippen molar-refractivity contribution in [3.05, 3.63) is 87.0 Å². The molecule has 0 amide bonds. The third-order valence-electron chi connectivity index (χ3n) is 4.38. The highest BCUT2D eigenvalue weighted by Crippen LogP contribution is 2.28. The van der Waals surface area contributed by atoms with Gasteiger partial charge in [-0.1, -0.05) is 0 Å². The molecular formula is C21H18N6O5S2. The van der Waals surface area contributed by atoms with Crippen LogP contribution in [0.2, 0.25) is 0 Å². The number of nitrogens with one attached hydrogen (secondary N) is 4.